The summed E-state index contributed by atoms with van der Waals surface area (Å²) < 4.78 is 10.2. The van der Waals surface area contributed by atoms with Crippen LogP contribution < -0.4 is 0 Å². The summed E-state index contributed by atoms with van der Waals surface area (Å²) in [4.78, 5) is 14.0. The third-order valence-electron chi connectivity index (χ3n) is 3.86. The van der Waals surface area contributed by atoms with Gasteiger partial charge in [0, 0.05) is 14.2 Å². The van der Waals surface area contributed by atoms with Crippen LogP contribution in [0.5, 0.6) is 0 Å². The molecule has 4 nitrogen and oxygen atoms in total. The fourth-order valence-electron chi connectivity index (χ4n) is 2.71. The molecular weight excluding hydrogens is 254 g/mol. The van der Waals surface area contributed by atoms with Crippen molar-refractivity contribution in [1.29, 1.82) is 0 Å². The maximum absolute atomic E-state index is 12.2. The first-order valence-corrected chi connectivity index (χ1v) is 7.14. The lowest BCUT2D eigenvalue weighted by atomic mass is 9.87. The first kappa shape index (κ1) is 15.0. The molecule has 0 fully saturated rings. The van der Waals surface area contributed by atoms with E-state index in [2.05, 4.69) is 18.2 Å². The van der Waals surface area contributed by atoms with E-state index in [0.29, 0.717) is 13.2 Å². The molecule has 0 aromatic heterocycles. The van der Waals surface area contributed by atoms with Gasteiger partial charge < -0.3 is 14.4 Å². The van der Waals surface area contributed by atoms with Crippen LogP contribution in [0.1, 0.15) is 30.0 Å². The van der Waals surface area contributed by atoms with Crippen LogP contribution in [-0.4, -0.2) is 44.8 Å². The van der Waals surface area contributed by atoms with Crippen molar-refractivity contribution < 1.29 is 14.3 Å². The van der Waals surface area contributed by atoms with Crippen LogP contribution in [0.25, 0.3) is 0 Å². The Hall–Kier alpha value is -1.39. The first-order valence-electron chi connectivity index (χ1n) is 7.14. The summed E-state index contributed by atoms with van der Waals surface area (Å²) in [5.74, 6) is 0.0304. The third-order valence-corrected chi connectivity index (χ3v) is 3.86. The molecule has 0 N–H and O–H groups in total. The summed E-state index contributed by atoms with van der Waals surface area (Å²) in [6, 6.07) is 8.59. The molecular formula is C16H23NO3. The van der Waals surface area contributed by atoms with Crippen LogP contribution in [-0.2, 0) is 20.7 Å². The van der Waals surface area contributed by atoms with E-state index in [1.54, 1.807) is 7.11 Å². The zero-order valence-electron chi connectivity index (χ0n) is 12.3. The normalized spacial score (nSPS) is 17.6. The Morgan fingerprint density at radius 3 is 2.95 bits per heavy atom. The Morgan fingerprint density at radius 1 is 1.35 bits per heavy atom. The van der Waals surface area contributed by atoms with Crippen molar-refractivity contribution in [3.05, 3.63) is 35.4 Å². The molecule has 0 saturated heterocycles. The van der Waals surface area contributed by atoms with Gasteiger partial charge in [-0.05, 0) is 30.4 Å². The summed E-state index contributed by atoms with van der Waals surface area (Å²) in [5.41, 5.74) is 2.65. The Balaban J connectivity index is 1.96. The van der Waals surface area contributed by atoms with Crippen LogP contribution in [0.3, 0.4) is 0 Å². The largest absolute Gasteiger partial charge is 0.382 e. The van der Waals surface area contributed by atoms with Gasteiger partial charge in [-0.25, -0.2) is 0 Å². The SMILES string of the molecule is COCCOCC(=O)N(C)C1CCCc2ccccc21. The summed E-state index contributed by atoms with van der Waals surface area (Å²) in [7, 11) is 3.49. The number of methoxy groups -OCH3 is 1. The van der Waals surface area contributed by atoms with Gasteiger partial charge in [0.25, 0.3) is 0 Å². The van der Waals surface area contributed by atoms with E-state index in [0.717, 1.165) is 19.3 Å². The molecule has 1 aliphatic rings. The van der Waals surface area contributed by atoms with E-state index in [1.807, 2.05) is 18.0 Å². The van der Waals surface area contributed by atoms with Gasteiger partial charge in [-0.2, -0.15) is 0 Å². The zero-order chi connectivity index (χ0) is 14.4. The molecule has 4 heteroatoms. The monoisotopic (exact) mass is 277 g/mol. The van der Waals surface area contributed by atoms with Crippen molar-refractivity contribution in [2.75, 3.05) is 34.0 Å². The fourth-order valence-corrected chi connectivity index (χ4v) is 2.71. The molecule has 0 radical (unpaired) electrons. The number of benzene rings is 1. The molecule has 0 aliphatic heterocycles. The van der Waals surface area contributed by atoms with Crippen LogP contribution >= 0.6 is 0 Å². The van der Waals surface area contributed by atoms with E-state index < -0.39 is 0 Å². The number of ether oxygens (including phenoxy) is 2. The van der Waals surface area contributed by atoms with E-state index in [9.17, 15) is 4.79 Å². The minimum atomic E-state index is 0.0304. The summed E-state index contributed by atoms with van der Waals surface area (Å²) >= 11 is 0. The molecule has 0 heterocycles. The number of nitrogens with zero attached hydrogens (tertiary/aromatic N) is 1. The van der Waals surface area contributed by atoms with Gasteiger partial charge in [0.05, 0.1) is 19.3 Å². The molecule has 1 aliphatic carbocycles. The Labute approximate surface area is 120 Å². The van der Waals surface area contributed by atoms with Crippen LogP contribution in [0.2, 0.25) is 0 Å². The molecule has 1 atom stereocenters. The van der Waals surface area contributed by atoms with Crippen molar-refractivity contribution in [1.82, 2.24) is 4.90 Å². The maximum atomic E-state index is 12.2. The van der Waals surface area contributed by atoms with Crippen molar-refractivity contribution in [3.8, 4) is 0 Å². The third kappa shape index (κ3) is 3.58. The summed E-state index contributed by atoms with van der Waals surface area (Å²) in [5, 5.41) is 0. The van der Waals surface area contributed by atoms with E-state index in [-0.39, 0.29) is 18.6 Å². The number of amides is 1. The highest BCUT2D eigenvalue weighted by molar-refractivity contribution is 5.77. The molecule has 0 bridgehead atoms. The zero-order valence-corrected chi connectivity index (χ0v) is 12.3. The second-order valence-corrected chi connectivity index (χ2v) is 5.16. The van der Waals surface area contributed by atoms with E-state index >= 15 is 0 Å². The first-order chi connectivity index (χ1) is 9.74. The minimum absolute atomic E-state index is 0.0304. The van der Waals surface area contributed by atoms with Gasteiger partial charge >= 0.3 is 0 Å². The maximum Gasteiger partial charge on any atom is 0.248 e. The van der Waals surface area contributed by atoms with Crippen LogP contribution in [0, 0.1) is 0 Å². The van der Waals surface area contributed by atoms with Gasteiger partial charge in [0.2, 0.25) is 5.91 Å². The highest BCUT2D eigenvalue weighted by Gasteiger charge is 2.26. The van der Waals surface area contributed by atoms with Crippen LogP contribution in [0.15, 0.2) is 24.3 Å². The van der Waals surface area contributed by atoms with Crippen LogP contribution in [0.4, 0.5) is 0 Å². The highest BCUT2D eigenvalue weighted by Crippen LogP contribution is 2.33. The van der Waals surface area contributed by atoms with Crippen molar-refractivity contribution in [3.63, 3.8) is 0 Å². The smallest absolute Gasteiger partial charge is 0.248 e. The second-order valence-electron chi connectivity index (χ2n) is 5.16. The Bertz CT molecular complexity index is 447. The molecule has 1 aromatic carbocycles. The summed E-state index contributed by atoms with van der Waals surface area (Å²) in [6.07, 6.45) is 3.26. The number of carbonyl (C=O) groups is 1. The fraction of sp³-hybridized carbons (Fsp3) is 0.562. The van der Waals surface area contributed by atoms with Gasteiger partial charge in [-0.15, -0.1) is 0 Å². The Kier molecular flexibility index (Phi) is 5.56. The Morgan fingerprint density at radius 2 is 2.15 bits per heavy atom. The number of likely N-dealkylation sites (N-methyl/N-ethyl adjacent to an activating group) is 1. The number of carbonyl (C=O) groups excluding carboxylic acids is 1. The lowest BCUT2D eigenvalue weighted by Gasteiger charge is -2.33. The lowest BCUT2D eigenvalue weighted by Crippen LogP contribution is -2.36. The highest BCUT2D eigenvalue weighted by atomic mass is 16.5. The minimum Gasteiger partial charge on any atom is -0.382 e. The number of hydrogen-bond acceptors (Lipinski definition) is 3. The predicted octanol–water partition coefficient (Wildman–Crippen LogP) is 2.19. The van der Waals surface area contributed by atoms with E-state index in [4.69, 9.17) is 9.47 Å². The number of rotatable bonds is 6. The van der Waals surface area contributed by atoms with Gasteiger partial charge in [0.1, 0.15) is 6.61 Å². The molecule has 2 rings (SSSR count). The second kappa shape index (κ2) is 7.41. The van der Waals surface area contributed by atoms with Gasteiger partial charge in [0.15, 0.2) is 0 Å². The molecule has 1 amide bonds. The van der Waals surface area contributed by atoms with Crippen molar-refractivity contribution in [2.45, 2.75) is 25.3 Å². The molecule has 0 saturated carbocycles. The van der Waals surface area contributed by atoms with Crippen molar-refractivity contribution >= 4 is 5.91 Å². The molecule has 1 unspecified atom stereocenters. The molecule has 0 spiro atoms. The molecule has 110 valence electrons. The molecule has 20 heavy (non-hydrogen) atoms. The van der Waals surface area contributed by atoms with E-state index in [1.165, 1.54) is 11.1 Å². The average molecular weight is 277 g/mol. The topological polar surface area (TPSA) is 38.8 Å². The number of hydrogen-bond donors (Lipinski definition) is 0. The summed E-state index contributed by atoms with van der Waals surface area (Å²) in [6.45, 7) is 1.10. The van der Waals surface area contributed by atoms with Gasteiger partial charge in [-0.3, -0.25) is 4.79 Å². The predicted molar refractivity (Wildman–Crippen MR) is 77.6 cm³/mol. The average Bonchev–Trinajstić information content (AvgIpc) is 2.50. The van der Waals surface area contributed by atoms with Crippen molar-refractivity contribution in [2.24, 2.45) is 0 Å². The quantitative estimate of drug-likeness (QED) is 0.748. The number of aryl methyl sites for hydroxylation is 1. The number of fused-ring (bicyclic) bond motifs is 1. The standard InChI is InChI=1S/C16H23NO3/c1-17(16(18)12-20-11-10-19-2)15-9-5-7-13-6-3-4-8-14(13)15/h3-4,6,8,15H,5,7,9-12H2,1-2H3. The lowest BCUT2D eigenvalue weighted by molar-refractivity contribution is -0.137. The van der Waals surface area contributed by atoms with Gasteiger partial charge in [-0.1, -0.05) is 24.3 Å². The molecule has 1 aromatic rings.